The van der Waals surface area contributed by atoms with Crippen LogP contribution in [0.2, 0.25) is 0 Å². The summed E-state index contributed by atoms with van der Waals surface area (Å²) in [5.41, 5.74) is 3.06. The van der Waals surface area contributed by atoms with Gasteiger partial charge in [0.25, 0.3) is 0 Å². The molecule has 0 aliphatic carbocycles. The van der Waals surface area contributed by atoms with Crippen LogP contribution in [0.1, 0.15) is 25.7 Å². The molecule has 0 amide bonds. The second-order valence-corrected chi connectivity index (χ2v) is 7.70. The minimum Gasteiger partial charge on any atom is -0.427 e. The van der Waals surface area contributed by atoms with Gasteiger partial charge in [0, 0.05) is 30.1 Å². The van der Waals surface area contributed by atoms with Crippen molar-refractivity contribution < 1.29 is 24.5 Å². The maximum atomic E-state index is 12.2. The molecular formula is C27H31NO5. The third-order valence-electron chi connectivity index (χ3n) is 5.05. The van der Waals surface area contributed by atoms with Crippen LogP contribution in [0.3, 0.4) is 0 Å². The van der Waals surface area contributed by atoms with Gasteiger partial charge in [-0.1, -0.05) is 42.8 Å². The molecule has 33 heavy (non-hydrogen) atoms. The normalized spacial score (nSPS) is 11.7. The van der Waals surface area contributed by atoms with Gasteiger partial charge in [0.2, 0.25) is 0 Å². The first-order valence-electron chi connectivity index (χ1n) is 11.2. The molecular weight excluding hydrogens is 418 g/mol. The van der Waals surface area contributed by atoms with Crippen LogP contribution in [0.4, 0.5) is 17.1 Å². The van der Waals surface area contributed by atoms with Gasteiger partial charge in [0.15, 0.2) is 0 Å². The van der Waals surface area contributed by atoms with Crippen molar-refractivity contribution in [2.24, 2.45) is 0 Å². The summed E-state index contributed by atoms with van der Waals surface area (Å²) >= 11 is 0. The standard InChI is InChI=1S/C27H31NO5/c29-20-25(30)21-32-19-9-3-8-14-27(31)33-26-17-15-24(16-18-26)28(22-10-4-1-5-11-22)23-12-6-2-7-13-23/h1-2,4-7,10-13,15-18,25,29-30H,3,8-9,14,19-21H2. The van der Waals surface area contributed by atoms with Gasteiger partial charge >= 0.3 is 5.97 Å². The molecule has 174 valence electrons. The molecule has 0 aromatic heterocycles. The van der Waals surface area contributed by atoms with E-state index in [1.54, 1.807) is 0 Å². The summed E-state index contributed by atoms with van der Waals surface area (Å²) in [6.07, 6.45) is 1.82. The number of unbranched alkanes of at least 4 members (excludes halogenated alkanes) is 2. The highest BCUT2D eigenvalue weighted by Crippen LogP contribution is 2.34. The molecule has 0 saturated heterocycles. The summed E-state index contributed by atoms with van der Waals surface area (Å²) in [6.45, 7) is 0.316. The second kappa shape index (κ2) is 13.4. The van der Waals surface area contributed by atoms with Crippen LogP contribution in [0.15, 0.2) is 84.9 Å². The minimum absolute atomic E-state index is 0.126. The van der Waals surface area contributed by atoms with Crippen molar-refractivity contribution in [3.8, 4) is 5.75 Å². The fourth-order valence-electron chi connectivity index (χ4n) is 3.37. The van der Waals surface area contributed by atoms with Crippen molar-refractivity contribution in [3.05, 3.63) is 84.9 Å². The predicted octanol–water partition coefficient (Wildman–Crippen LogP) is 4.99. The van der Waals surface area contributed by atoms with Crippen LogP contribution in [0, 0.1) is 0 Å². The van der Waals surface area contributed by atoms with Crippen LogP contribution in [-0.4, -0.2) is 42.1 Å². The molecule has 0 radical (unpaired) electrons. The molecule has 1 unspecified atom stereocenters. The van der Waals surface area contributed by atoms with E-state index in [1.807, 2.05) is 60.7 Å². The fourth-order valence-corrected chi connectivity index (χ4v) is 3.37. The molecule has 0 fully saturated rings. The third kappa shape index (κ3) is 8.02. The second-order valence-electron chi connectivity index (χ2n) is 7.70. The van der Waals surface area contributed by atoms with Crippen molar-refractivity contribution in [2.45, 2.75) is 31.8 Å². The van der Waals surface area contributed by atoms with E-state index in [-0.39, 0.29) is 19.2 Å². The molecule has 0 spiro atoms. The molecule has 0 aliphatic rings. The van der Waals surface area contributed by atoms with Crippen molar-refractivity contribution in [2.75, 3.05) is 24.7 Å². The predicted molar refractivity (Wildman–Crippen MR) is 129 cm³/mol. The Balaban J connectivity index is 1.50. The Hall–Kier alpha value is -3.19. The molecule has 6 heteroatoms. The lowest BCUT2D eigenvalue weighted by atomic mass is 10.2. The highest BCUT2D eigenvalue weighted by molar-refractivity contribution is 5.77. The maximum absolute atomic E-state index is 12.2. The lowest BCUT2D eigenvalue weighted by molar-refractivity contribution is -0.134. The van der Waals surface area contributed by atoms with Crippen LogP contribution >= 0.6 is 0 Å². The highest BCUT2D eigenvalue weighted by Gasteiger charge is 2.12. The van der Waals surface area contributed by atoms with E-state index in [9.17, 15) is 9.90 Å². The van der Waals surface area contributed by atoms with Crippen molar-refractivity contribution in [3.63, 3.8) is 0 Å². The zero-order chi connectivity index (χ0) is 23.3. The number of aliphatic hydroxyl groups is 2. The number of aliphatic hydroxyl groups excluding tert-OH is 2. The average molecular weight is 450 g/mol. The Bertz CT molecular complexity index is 908. The summed E-state index contributed by atoms with van der Waals surface area (Å²) in [6, 6.07) is 27.7. The largest absolute Gasteiger partial charge is 0.427 e. The number of rotatable bonds is 13. The van der Waals surface area contributed by atoms with Gasteiger partial charge in [0.05, 0.1) is 13.2 Å². The van der Waals surface area contributed by atoms with Gasteiger partial charge in [-0.15, -0.1) is 0 Å². The lowest BCUT2D eigenvalue weighted by Gasteiger charge is -2.25. The number of anilines is 3. The van der Waals surface area contributed by atoms with E-state index >= 15 is 0 Å². The zero-order valence-electron chi connectivity index (χ0n) is 18.7. The average Bonchev–Trinajstić information content (AvgIpc) is 2.86. The summed E-state index contributed by atoms with van der Waals surface area (Å²) < 4.78 is 10.7. The number of hydrogen-bond acceptors (Lipinski definition) is 6. The van der Waals surface area contributed by atoms with Crippen LogP contribution in [0.5, 0.6) is 5.75 Å². The topological polar surface area (TPSA) is 79.2 Å². The molecule has 0 aliphatic heterocycles. The Kier molecular flexibility index (Phi) is 9.91. The first-order chi connectivity index (χ1) is 16.2. The van der Waals surface area contributed by atoms with E-state index in [0.717, 1.165) is 29.9 Å². The van der Waals surface area contributed by atoms with Gasteiger partial charge in [-0.3, -0.25) is 4.79 Å². The molecule has 6 nitrogen and oxygen atoms in total. The van der Waals surface area contributed by atoms with Crippen LogP contribution in [0.25, 0.3) is 0 Å². The first kappa shape index (κ1) is 24.5. The number of carbonyl (C=O) groups is 1. The zero-order valence-corrected chi connectivity index (χ0v) is 18.7. The van der Waals surface area contributed by atoms with Crippen molar-refractivity contribution in [1.29, 1.82) is 0 Å². The number of benzene rings is 3. The SMILES string of the molecule is O=C(CCCCCOCC(O)CO)Oc1ccc(N(c2ccccc2)c2ccccc2)cc1. The first-order valence-corrected chi connectivity index (χ1v) is 11.2. The van der Waals surface area contributed by atoms with Crippen molar-refractivity contribution >= 4 is 23.0 Å². The van der Waals surface area contributed by atoms with Gasteiger partial charge in [-0.05, 0) is 61.4 Å². The molecule has 3 aromatic rings. The Morgan fingerprint density at radius 3 is 1.94 bits per heavy atom. The quantitative estimate of drug-likeness (QED) is 0.217. The lowest BCUT2D eigenvalue weighted by Crippen LogP contribution is -2.19. The van der Waals surface area contributed by atoms with E-state index in [4.69, 9.17) is 14.6 Å². The molecule has 2 N–H and O–H groups in total. The number of hydrogen-bond donors (Lipinski definition) is 2. The molecule has 0 bridgehead atoms. The molecule has 3 aromatic carbocycles. The minimum atomic E-state index is -0.834. The molecule has 3 rings (SSSR count). The van der Waals surface area contributed by atoms with Crippen LogP contribution in [-0.2, 0) is 9.53 Å². The van der Waals surface area contributed by atoms with E-state index < -0.39 is 6.10 Å². The van der Waals surface area contributed by atoms with E-state index in [1.165, 1.54) is 0 Å². The Morgan fingerprint density at radius 1 is 0.788 bits per heavy atom. The number of esters is 1. The summed E-state index contributed by atoms with van der Waals surface area (Å²) in [7, 11) is 0. The summed E-state index contributed by atoms with van der Waals surface area (Å²) in [5, 5.41) is 17.9. The number of para-hydroxylation sites is 2. The number of ether oxygens (including phenoxy) is 2. The Labute approximate surface area is 195 Å². The van der Waals surface area contributed by atoms with Gasteiger partial charge in [0.1, 0.15) is 11.9 Å². The van der Waals surface area contributed by atoms with E-state index in [2.05, 4.69) is 29.2 Å². The third-order valence-corrected chi connectivity index (χ3v) is 5.05. The summed E-state index contributed by atoms with van der Waals surface area (Å²) in [4.78, 5) is 14.3. The monoisotopic (exact) mass is 449 g/mol. The van der Waals surface area contributed by atoms with Gasteiger partial charge in [-0.2, -0.15) is 0 Å². The van der Waals surface area contributed by atoms with Gasteiger partial charge in [-0.25, -0.2) is 0 Å². The highest BCUT2D eigenvalue weighted by atomic mass is 16.5. The van der Waals surface area contributed by atoms with Crippen molar-refractivity contribution in [1.82, 2.24) is 0 Å². The number of carbonyl (C=O) groups excluding carboxylic acids is 1. The van der Waals surface area contributed by atoms with Crippen LogP contribution < -0.4 is 9.64 Å². The smallest absolute Gasteiger partial charge is 0.311 e. The van der Waals surface area contributed by atoms with E-state index in [0.29, 0.717) is 25.2 Å². The number of nitrogens with zero attached hydrogens (tertiary/aromatic N) is 1. The fraction of sp³-hybridized carbons (Fsp3) is 0.296. The molecule has 0 saturated carbocycles. The molecule has 1 atom stereocenters. The maximum Gasteiger partial charge on any atom is 0.311 e. The van der Waals surface area contributed by atoms with Gasteiger partial charge < -0.3 is 24.6 Å². The molecule has 0 heterocycles. The Morgan fingerprint density at radius 2 is 1.36 bits per heavy atom. The summed E-state index contributed by atoms with van der Waals surface area (Å²) in [5.74, 6) is 0.258.